The van der Waals surface area contributed by atoms with Crippen molar-refractivity contribution in [2.24, 2.45) is 5.92 Å². The van der Waals surface area contributed by atoms with Crippen molar-refractivity contribution in [2.75, 3.05) is 11.4 Å². The lowest BCUT2D eigenvalue weighted by Gasteiger charge is -2.26. The summed E-state index contributed by atoms with van der Waals surface area (Å²) in [5.41, 5.74) is -0.847. The van der Waals surface area contributed by atoms with Crippen molar-refractivity contribution in [3.8, 4) is 0 Å². The molecule has 0 aliphatic carbocycles. The molecule has 2 aromatic heterocycles. The summed E-state index contributed by atoms with van der Waals surface area (Å²) in [5.74, 6) is 1.58. The fourth-order valence-electron chi connectivity index (χ4n) is 3.14. The van der Waals surface area contributed by atoms with E-state index in [2.05, 4.69) is 29.0 Å². The van der Waals surface area contributed by atoms with Crippen LogP contribution in [0.15, 0.2) is 18.6 Å². The fraction of sp³-hybridized carbons (Fsp3) is 0.562. The highest BCUT2D eigenvalue weighted by atomic mass is 35.5. The lowest BCUT2D eigenvalue weighted by molar-refractivity contribution is -0.137. The summed E-state index contributed by atoms with van der Waals surface area (Å²) in [6.07, 6.45) is -0.228. The summed E-state index contributed by atoms with van der Waals surface area (Å²) >= 11 is 6.12. The molecule has 0 aromatic carbocycles. The molecular formula is C16H19ClF3N5. The first kappa shape index (κ1) is 18.0. The summed E-state index contributed by atoms with van der Waals surface area (Å²) in [6, 6.07) is 0.834. The Morgan fingerprint density at radius 3 is 2.76 bits per heavy atom. The molecule has 5 nitrogen and oxygen atoms in total. The van der Waals surface area contributed by atoms with Crippen molar-refractivity contribution in [2.45, 2.75) is 45.5 Å². The number of hydrogen-bond donors (Lipinski definition) is 0. The van der Waals surface area contributed by atoms with Crippen LogP contribution in [0.4, 0.5) is 19.0 Å². The highest BCUT2D eigenvalue weighted by molar-refractivity contribution is 6.33. The lowest BCUT2D eigenvalue weighted by Crippen LogP contribution is -2.27. The lowest BCUT2D eigenvalue weighted by atomic mass is 10.1. The highest BCUT2D eigenvalue weighted by Gasteiger charge is 2.35. The molecule has 25 heavy (non-hydrogen) atoms. The molecule has 0 amide bonds. The van der Waals surface area contributed by atoms with E-state index in [-0.39, 0.29) is 11.1 Å². The predicted molar refractivity (Wildman–Crippen MR) is 88.4 cm³/mol. The maximum atomic E-state index is 12.8. The van der Waals surface area contributed by atoms with Gasteiger partial charge < -0.3 is 9.47 Å². The van der Waals surface area contributed by atoms with E-state index >= 15 is 0 Å². The molecule has 1 fully saturated rings. The second-order valence-electron chi connectivity index (χ2n) is 6.61. The van der Waals surface area contributed by atoms with Gasteiger partial charge in [-0.2, -0.15) is 13.2 Å². The molecule has 1 unspecified atom stereocenters. The summed E-state index contributed by atoms with van der Waals surface area (Å²) in [5, 5.41) is 8.23. The average Bonchev–Trinajstić information content (AvgIpc) is 3.14. The van der Waals surface area contributed by atoms with Crippen molar-refractivity contribution in [3.63, 3.8) is 0 Å². The van der Waals surface area contributed by atoms with Gasteiger partial charge in [-0.3, -0.25) is 0 Å². The number of alkyl halides is 3. The van der Waals surface area contributed by atoms with Crippen LogP contribution in [0.5, 0.6) is 0 Å². The van der Waals surface area contributed by atoms with Gasteiger partial charge in [-0.1, -0.05) is 25.4 Å². The second kappa shape index (κ2) is 6.82. The van der Waals surface area contributed by atoms with Crippen LogP contribution in [0.25, 0.3) is 0 Å². The monoisotopic (exact) mass is 373 g/mol. The van der Waals surface area contributed by atoms with Crippen LogP contribution < -0.4 is 4.90 Å². The third-order valence-corrected chi connectivity index (χ3v) is 4.46. The number of nitrogens with zero attached hydrogens (tertiary/aromatic N) is 5. The molecule has 0 spiro atoms. The summed E-state index contributed by atoms with van der Waals surface area (Å²) in [4.78, 5) is 5.91. The smallest absolute Gasteiger partial charge is 0.345 e. The zero-order valence-corrected chi connectivity index (χ0v) is 14.7. The van der Waals surface area contributed by atoms with Crippen LogP contribution in [-0.2, 0) is 12.7 Å². The molecule has 1 aliphatic heterocycles. The largest absolute Gasteiger partial charge is 0.417 e. The second-order valence-corrected chi connectivity index (χ2v) is 7.02. The molecule has 2 aromatic rings. The van der Waals surface area contributed by atoms with Gasteiger partial charge in [-0.25, -0.2) is 4.98 Å². The van der Waals surface area contributed by atoms with Gasteiger partial charge in [0.1, 0.15) is 12.1 Å². The Hall–Kier alpha value is -1.83. The van der Waals surface area contributed by atoms with Crippen molar-refractivity contribution >= 4 is 17.4 Å². The summed E-state index contributed by atoms with van der Waals surface area (Å²) in [6.45, 7) is 5.65. The molecular weight excluding hydrogens is 355 g/mol. The Morgan fingerprint density at radius 1 is 1.36 bits per heavy atom. The van der Waals surface area contributed by atoms with Crippen LogP contribution in [-0.4, -0.2) is 26.3 Å². The standard InChI is InChI=1S/C16H19ClF3N5/c1-10(2)8-24-9-22-23-15(24)13-4-3-5-25(13)14-12(17)6-11(7-21-14)16(18,19)20/h6-7,9-10,13H,3-5,8H2,1-2H3. The Balaban J connectivity index is 1.91. The molecule has 3 rings (SSSR count). The molecule has 3 heterocycles. The molecule has 136 valence electrons. The van der Waals surface area contributed by atoms with Crippen LogP contribution in [0, 0.1) is 5.92 Å². The van der Waals surface area contributed by atoms with Gasteiger partial charge in [0.15, 0.2) is 5.82 Å². The summed E-state index contributed by atoms with van der Waals surface area (Å²) in [7, 11) is 0. The topological polar surface area (TPSA) is 46.8 Å². The Labute approximate surface area is 148 Å². The van der Waals surface area contributed by atoms with Crippen molar-refractivity contribution < 1.29 is 13.2 Å². The minimum atomic E-state index is -4.46. The van der Waals surface area contributed by atoms with E-state index in [1.54, 1.807) is 6.33 Å². The van der Waals surface area contributed by atoms with Gasteiger partial charge in [-0.05, 0) is 24.8 Å². The van der Waals surface area contributed by atoms with E-state index in [9.17, 15) is 13.2 Å². The highest BCUT2D eigenvalue weighted by Crippen LogP contribution is 2.39. The van der Waals surface area contributed by atoms with Gasteiger partial charge in [0.25, 0.3) is 0 Å². The molecule has 1 saturated heterocycles. The zero-order valence-electron chi connectivity index (χ0n) is 14.0. The molecule has 0 saturated carbocycles. The fourth-order valence-corrected chi connectivity index (χ4v) is 3.42. The molecule has 1 aliphatic rings. The number of rotatable bonds is 4. The van der Waals surface area contributed by atoms with E-state index in [1.165, 1.54) is 0 Å². The normalized spacial score (nSPS) is 18.4. The Bertz CT molecular complexity index is 744. The third kappa shape index (κ3) is 3.73. The SMILES string of the molecule is CC(C)Cn1cnnc1C1CCCN1c1ncc(C(F)(F)F)cc1Cl. The van der Waals surface area contributed by atoms with E-state index in [0.717, 1.165) is 37.5 Å². The number of aromatic nitrogens is 4. The van der Waals surface area contributed by atoms with Crippen molar-refractivity contribution in [1.29, 1.82) is 0 Å². The van der Waals surface area contributed by atoms with E-state index < -0.39 is 11.7 Å². The first-order valence-electron chi connectivity index (χ1n) is 8.14. The van der Waals surface area contributed by atoms with Crippen LogP contribution >= 0.6 is 11.6 Å². The van der Waals surface area contributed by atoms with E-state index in [0.29, 0.717) is 18.3 Å². The average molecular weight is 374 g/mol. The van der Waals surface area contributed by atoms with Crippen LogP contribution in [0.1, 0.15) is 44.1 Å². The Kier molecular flexibility index (Phi) is 4.90. The maximum Gasteiger partial charge on any atom is 0.417 e. The first-order valence-corrected chi connectivity index (χ1v) is 8.52. The minimum absolute atomic E-state index is 0.00310. The number of anilines is 1. The zero-order chi connectivity index (χ0) is 18.2. The predicted octanol–water partition coefficient (Wildman–Crippen LogP) is 4.34. The molecule has 1 atom stereocenters. The molecule has 9 heteroatoms. The van der Waals surface area contributed by atoms with Crippen LogP contribution in [0.3, 0.4) is 0 Å². The van der Waals surface area contributed by atoms with Gasteiger partial charge in [-0.15, -0.1) is 10.2 Å². The quantitative estimate of drug-likeness (QED) is 0.799. The van der Waals surface area contributed by atoms with Gasteiger partial charge in [0, 0.05) is 19.3 Å². The van der Waals surface area contributed by atoms with E-state index in [1.807, 2.05) is 9.47 Å². The molecule has 0 radical (unpaired) electrons. The third-order valence-electron chi connectivity index (χ3n) is 4.18. The number of hydrogen-bond acceptors (Lipinski definition) is 4. The van der Waals surface area contributed by atoms with Crippen LogP contribution in [0.2, 0.25) is 5.02 Å². The maximum absolute atomic E-state index is 12.8. The first-order chi connectivity index (χ1) is 11.8. The minimum Gasteiger partial charge on any atom is -0.345 e. The van der Waals surface area contributed by atoms with Gasteiger partial charge >= 0.3 is 6.18 Å². The van der Waals surface area contributed by atoms with Gasteiger partial charge in [0.05, 0.1) is 16.6 Å². The molecule has 0 bridgehead atoms. The Morgan fingerprint density at radius 2 is 2.12 bits per heavy atom. The number of halogens is 4. The van der Waals surface area contributed by atoms with Crippen molar-refractivity contribution in [3.05, 3.63) is 35.0 Å². The van der Waals surface area contributed by atoms with Crippen molar-refractivity contribution in [1.82, 2.24) is 19.7 Å². The molecule has 0 N–H and O–H groups in total. The van der Waals surface area contributed by atoms with E-state index in [4.69, 9.17) is 11.6 Å². The van der Waals surface area contributed by atoms with Gasteiger partial charge in [0.2, 0.25) is 0 Å². The number of pyridine rings is 1. The summed E-state index contributed by atoms with van der Waals surface area (Å²) < 4.78 is 40.4.